The molecule has 2 heterocycles. The first kappa shape index (κ1) is 13.0. The zero-order chi connectivity index (χ0) is 13.9. The van der Waals surface area contributed by atoms with E-state index in [1.54, 1.807) is 0 Å². The molecule has 0 aliphatic carbocycles. The molecule has 3 rings (SSSR count). The first-order valence-corrected chi connectivity index (χ1v) is 6.78. The molecule has 1 fully saturated rings. The van der Waals surface area contributed by atoms with Gasteiger partial charge in [-0.2, -0.15) is 0 Å². The number of benzene rings is 1. The lowest BCUT2D eigenvalue weighted by Gasteiger charge is -2.14. The molecule has 5 heteroatoms. The lowest BCUT2D eigenvalue weighted by Crippen LogP contribution is -2.15. The molecule has 1 unspecified atom stereocenters. The van der Waals surface area contributed by atoms with Crippen molar-refractivity contribution in [3.8, 4) is 11.3 Å². The number of hydrogen-bond donors (Lipinski definition) is 2. The standard InChI is InChI=1S/C15H18N4O/c1-10-13(11-5-3-2-4-6-11)17-15(18-14(10)19-16)12-7-8-20-9-12/h2-6,12H,7-9,16H2,1H3,(H,17,18,19). The number of ether oxygens (including phenoxy) is 1. The molecule has 1 atom stereocenters. The van der Waals surface area contributed by atoms with Gasteiger partial charge < -0.3 is 10.2 Å². The SMILES string of the molecule is Cc1c(NN)nc(C2CCOC2)nc1-c1ccccc1. The Morgan fingerprint density at radius 1 is 1.25 bits per heavy atom. The van der Waals surface area contributed by atoms with Gasteiger partial charge in [-0.1, -0.05) is 30.3 Å². The largest absolute Gasteiger partial charge is 0.381 e. The maximum Gasteiger partial charge on any atom is 0.147 e. The van der Waals surface area contributed by atoms with Gasteiger partial charge in [0.25, 0.3) is 0 Å². The summed E-state index contributed by atoms with van der Waals surface area (Å²) in [6, 6.07) is 10.1. The fourth-order valence-corrected chi connectivity index (χ4v) is 2.47. The van der Waals surface area contributed by atoms with Gasteiger partial charge >= 0.3 is 0 Å². The molecule has 5 nitrogen and oxygen atoms in total. The first-order valence-electron chi connectivity index (χ1n) is 6.78. The third-order valence-corrected chi connectivity index (χ3v) is 3.64. The molecule has 104 valence electrons. The van der Waals surface area contributed by atoms with Gasteiger partial charge in [-0.3, -0.25) is 0 Å². The highest BCUT2D eigenvalue weighted by Gasteiger charge is 2.23. The second-order valence-corrected chi connectivity index (χ2v) is 4.97. The minimum absolute atomic E-state index is 0.255. The van der Waals surface area contributed by atoms with E-state index < -0.39 is 0 Å². The smallest absolute Gasteiger partial charge is 0.147 e. The van der Waals surface area contributed by atoms with E-state index in [1.165, 1.54) is 0 Å². The summed E-state index contributed by atoms with van der Waals surface area (Å²) in [5.74, 6) is 7.34. The molecule has 0 spiro atoms. The number of nitrogen functional groups attached to an aromatic ring is 1. The summed E-state index contributed by atoms with van der Waals surface area (Å²) >= 11 is 0. The number of anilines is 1. The molecule has 1 aromatic carbocycles. The number of aromatic nitrogens is 2. The lowest BCUT2D eigenvalue weighted by atomic mass is 10.0. The van der Waals surface area contributed by atoms with Crippen LogP contribution in [0.5, 0.6) is 0 Å². The van der Waals surface area contributed by atoms with E-state index in [2.05, 4.69) is 10.4 Å². The Morgan fingerprint density at radius 3 is 2.70 bits per heavy atom. The van der Waals surface area contributed by atoms with Crippen molar-refractivity contribution in [2.45, 2.75) is 19.3 Å². The number of nitrogens with one attached hydrogen (secondary N) is 1. The van der Waals surface area contributed by atoms with Crippen molar-refractivity contribution in [1.82, 2.24) is 9.97 Å². The van der Waals surface area contributed by atoms with Gasteiger partial charge in [0.2, 0.25) is 0 Å². The Hall–Kier alpha value is -1.98. The van der Waals surface area contributed by atoms with Crippen molar-refractivity contribution in [1.29, 1.82) is 0 Å². The van der Waals surface area contributed by atoms with Crippen LogP contribution in [0.2, 0.25) is 0 Å². The monoisotopic (exact) mass is 270 g/mol. The molecule has 3 N–H and O–H groups in total. The fourth-order valence-electron chi connectivity index (χ4n) is 2.47. The number of rotatable bonds is 3. The molecule has 2 aromatic rings. The summed E-state index contributed by atoms with van der Waals surface area (Å²) < 4.78 is 5.43. The normalized spacial score (nSPS) is 18.2. The van der Waals surface area contributed by atoms with E-state index in [4.69, 9.17) is 15.6 Å². The van der Waals surface area contributed by atoms with Crippen LogP contribution >= 0.6 is 0 Å². The molecule has 0 amide bonds. The predicted octanol–water partition coefficient (Wildman–Crippen LogP) is 2.24. The molecule has 1 aromatic heterocycles. The van der Waals surface area contributed by atoms with Crippen molar-refractivity contribution in [3.05, 3.63) is 41.7 Å². The van der Waals surface area contributed by atoms with Crippen molar-refractivity contribution >= 4 is 5.82 Å². The highest BCUT2D eigenvalue weighted by molar-refractivity contribution is 5.68. The van der Waals surface area contributed by atoms with Crippen molar-refractivity contribution in [2.24, 2.45) is 5.84 Å². The maximum absolute atomic E-state index is 5.59. The van der Waals surface area contributed by atoms with Crippen molar-refractivity contribution in [2.75, 3.05) is 18.6 Å². The first-order chi connectivity index (χ1) is 9.79. The average Bonchev–Trinajstić information content (AvgIpc) is 3.03. The van der Waals surface area contributed by atoms with Crippen LogP contribution in [-0.4, -0.2) is 23.2 Å². The summed E-state index contributed by atoms with van der Waals surface area (Å²) in [4.78, 5) is 9.28. The van der Waals surface area contributed by atoms with Crippen LogP contribution in [0.3, 0.4) is 0 Å². The molecule has 1 aliphatic rings. The molecule has 0 saturated carbocycles. The Balaban J connectivity index is 2.10. The van der Waals surface area contributed by atoms with Gasteiger partial charge in [0, 0.05) is 23.7 Å². The van der Waals surface area contributed by atoms with Crippen LogP contribution in [0.4, 0.5) is 5.82 Å². The Labute approximate surface area is 118 Å². The average molecular weight is 270 g/mol. The second kappa shape index (κ2) is 5.56. The summed E-state index contributed by atoms with van der Waals surface area (Å²) in [7, 11) is 0. The minimum atomic E-state index is 0.255. The summed E-state index contributed by atoms with van der Waals surface area (Å²) in [5, 5.41) is 0. The van der Waals surface area contributed by atoms with Crippen LogP contribution in [0.15, 0.2) is 30.3 Å². The lowest BCUT2D eigenvalue weighted by molar-refractivity contribution is 0.193. The van der Waals surface area contributed by atoms with Gasteiger partial charge in [-0.15, -0.1) is 0 Å². The summed E-state index contributed by atoms with van der Waals surface area (Å²) in [5.41, 5.74) is 5.64. The molecule has 1 aliphatic heterocycles. The highest BCUT2D eigenvalue weighted by atomic mass is 16.5. The number of hydrazine groups is 1. The van der Waals surface area contributed by atoms with Crippen molar-refractivity contribution in [3.63, 3.8) is 0 Å². The second-order valence-electron chi connectivity index (χ2n) is 4.97. The molecular weight excluding hydrogens is 252 g/mol. The molecule has 0 bridgehead atoms. The fraction of sp³-hybridized carbons (Fsp3) is 0.333. The van der Waals surface area contributed by atoms with E-state index in [-0.39, 0.29) is 5.92 Å². The Morgan fingerprint density at radius 2 is 2.05 bits per heavy atom. The third kappa shape index (κ3) is 2.37. The zero-order valence-corrected chi connectivity index (χ0v) is 11.5. The number of nitrogens with zero attached hydrogens (tertiary/aromatic N) is 2. The molecule has 20 heavy (non-hydrogen) atoms. The van der Waals surface area contributed by atoms with Gasteiger partial charge in [0.1, 0.15) is 11.6 Å². The zero-order valence-electron chi connectivity index (χ0n) is 11.5. The van der Waals surface area contributed by atoms with Gasteiger partial charge in [-0.05, 0) is 13.3 Å². The maximum atomic E-state index is 5.59. The van der Waals surface area contributed by atoms with E-state index in [9.17, 15) is 0 Å². The quantitative estimate of drug-likeness (QED) is 0.661. The van der Waals surface area contributed by atoms with Gasteiger partial charge in [0.05, 0.1) is 12.3 Å². The van der Waals surface area contributed by atoms with Crippen LogP contribution in [0.1, 0.15) is 23.7 Å². The summed E-state index contributed by atoms with van der Waals surface area (Å²) in [6.07, 6.45) is 0.960. The Kier molecular flexibility index (Phi) is 3.62. The van der Waals surface area contributed by atoms with Crippen molar-refractivity contribution < 1.29 is 4.74 Å². The van der Waals surface area contributed by atoms with Gasteiger partial charge in [-0.25, -0.2) is 15.8 Å². The van der Waals surface area contributed by atoms with E-state index >= 15 is 0 Å². The number of nitrogens with two attached hydrogens (primary N) is 1. The highest BCUT2D eigenvalue weighted by Crippen LogP contribution is 2.29. The van der Waals surface area contributed by atoms with E-state index in [0.29, 0.717) is 12.4 Å². The van der Waals surface area contributed by atoms with Gasteiger partial charge in [0.15, 0.2) is 0 Å². The van der Waals surface area contributed by atoms with Crippen LogP contribution in [-0.2, 0) is 4.74 Å². The third-order valence-electron chi connectivity index (χ3n) is 3.64. The van der Waals surface area contributed by atoms with Crippen LogP contribution < -0.4 is 11.3 Å². The molecule has 1 saturated heterocycles. The Bertz CT molecular complexity index is 594. The minimum Gasteiger partial charge on any atom is -0.381 e. The molecule has 0 radical (unpaired) electrons. The predicted molar refractivity (Wildman–Crippen MR) is 78.2 cm³/mol. The van der Waals surface area contributed by atoms with E-state index in [1.807, 2.05) is 37.3 Å². The topological polar surface area (TPSA) is 73.1 Å². The van der Waals surface area contributed by atoms with E-state index in [0.717, 1.165) is 35.7 Å². The van der Waals surface area contributed by atoms with Crippen LogP contribution in [0, 0.1) is 6.92 Å². The summed E-state index contributed by atoms with van der Waals surface area (Å²) in [6.45, 7) is 3.43. The number of hydrogen-bond acceptors (Lipinski definition) is 5. The molecular formula is C15H18N4O. The van der Waals surface area contributed by atoms with Crippen LogP contribution in [0.25, 0.3) is 11.3 Å².